The zero-order valence-electron chi connectivity index (χ0n) is 20.4. The number of carbonyl (C=O) groups excluding carboxylic acids is 2. The lowest BCUT2D eigenvalue weighted by Gasteiger charge is -2.26. The highest BCUT2D eigenvalue weighted by Gasteiger charge is 2.31. The van der Waals surface area contributed by atoms with Crippen LogP contribution in [0.5, 0.6) is 0 Å². The molecule has 0 aliphatic carbocycles. The first-order chi connectivity index (χ1) is 17.6. The van der Waals surface area contributed by atoms with Crippen LogP contribution in [0, 0.1) is 0 Å². The summed E-state index contributed by atoms with van der Waals surface area (Å²) in [7, 11) is 0. The number of alkyl halides is 3. The molecule has 5 nitrogen and oxygen atoms in total. The molecule has 0 aliphatic rings. The lowest BCUT2D eigenvalue weighted by atomic mass is 9.94. The van der Waals surface area contributed by atoms with Crippen LogP contribution in [0.25, 0.3) is 11.1 Å². The first-order valence-electron chi connectivity index (χ1n) is 11.7. The fourth-order valence-electron chi connectivity index (χ4n) is 3.75. The maximum absolute atomic E-state index is 13.0. The summed E-state index contributed by atoms with van der Waals surface area (Å²) in [5, 5.41) is 0.266. The van der Waals surface area contributed by atoms with E-state index in [0.717, 1.165) is 17.7 Å². The van der Waals surface area contributed by atoms with Gasteiger partial charge >= 0.3 is 18.2 Å². The predicted octanol–water partition coefficient (Wildman–Crippen LogP) is 7.33. The van der Waals surface area contributed by atoms with Crippen LogP contribution in [0.4, 0.5) is 18.0 Å². The van der Waals surface area contributed by atoms with Crippen molar-refractivity contribution in [3.63, 3.8) is 0 Å². The van der Waals surface area contributed by atoms with Crippen molar-refractivity contribution in [3.8, 4) is 11.1 Å². The van der Waals surface area contributed by atoms with Crippen LogP contribution < -0.4 is 0 Å². The lowest BCUT2D eigenvalue weighted by Crippen LogP contribution is -2.37. The van der Waals surface area contributed by atoms with Gasteiger partial charge in [0.2, 0.25) is 0 Å². The molecule has 3 aromatic carbocycles. The van der Waals surface area contributed by atoms with Gasteiger partial charge in [0, 0.05) is 18.1 Å². The topological polar surface area (TPSA) is 55.8 Å². The fourth-order valence-corrected chi connectivity index (χ4v) is 4.00. The Kier molecular flexibility index (Phi) is 9.58. The summed E-state index contributed by atoms with van der Waals surface area (Å²) in [6, 6.07) is 18.8. The third kappa shape index (κ3) is 7.49. The second kappa shape index (κ2) is 12.6. The van der Waals surface area contributed by atoms with Gasteiger partial charge in [-0.15, -0.1) is 0 Å². The van der Waals surface area contributed by atoms with E-state index in [-0.39, 0.29) is 31.3 Å². The summed E-state index contributed by atoms with van der Waals surface area (Å²) in [6.07, 6.45) is -5.05. The monoisotopic (exact) mass is 533 g/mol. The van der Waals surface area contributed by atoms with Gasteiger partial charge in [0.15, 0.2) is 0 Å². The molecule has 0 radical (unpaired) electrons. The Hall–Kier alpha value is -3.52. The highest BCUT2D eigenvalue weighted by Crippen LogP contribution is 2.34. The molecule has 3 rings (SSSR count). The highest BCUT2D eigenvalue weighted by atomic mass is 35.5. The molecule has 0 aromatic heterocycles. The van der Waals surface area contributed by atoms with Crippen LogP contribution in [0.3, 0.4) is 0 Å². The van der Waals surface area contributed by atoms with E-state index >= 15 is 0 Å². The van der Waals surface area contributed by atoms with Crippen LogP contribution in [0.2, 0.25) is 5.02 Å². The SMILES string of the molecule is CCOC(=O)C(CN(CC)C(=O)OCc1ccccc1)c1cc(-c2ccc(C(F)(F)F)cc2)ccc1Cl. The van der Waals surface area contributed by atoms with E-state index < -0.39 is 29.7 Å². The quantitative estimate of drug-likeness (QED) is 0.270. The number of hydrogen-bond acceptors (Lipinski definition) is 4. The molecule has 1 atom stereocenters. The largest absolute Gasteiger partial charge is 0.465 e. The maximum Gasteiger partial charge on any atom is 0.416 e. The van der Waals surface area contributed by atoms with Crippen LogP contribution in [0.15, 0.2) is 72.8 Å². The van der Waals surface area contributed by atoms with Crippen molar-refractivity contribution in [2.75, 3.05) is 19.7 Å². The van der Waals surface area contributed by atoms with Gasteiger partial charge in [0.05, 0.1) is 12.2 Å². The van der Waals surface area contributed by atoms with E-state index in [9.17, 15) is 22.8 Å². The molecular formula is C28H27ClF3NO4. The van der Waals surface area contributed by atoms with Crippen molar-refractivity contribution in [3.05, 3.63) is 94.5 Å². The smallest absolute Gasteiger partial charge is 0.416 e. The summed E-state index contributed by atoms with van der Waals surface area (Å²) in [6.45, 7) is 3.83. The third-order valence-electron chi connectivity index (χ3n) is 5.74. The first-order valence-corrected chi connectivity index (χ1v) is 12.1. The van der Waals surface area contributed by atoms with Gasteiger partial charge in [-0.1, -0.05) is 60.1 Å². The third-order valence-corrected chi connectivity index (χ3v) is 6.08. The zero-order chi connectivity index (χ0) is 27.0. The Morgan fingerprint density at radius 2 is 1.57 bits per heavy atom. The minimum Gasteiger partial charge on any atom is -0.465 e. The van der Waals surface area contributed by atoms with E-state index in [1.54, 1.807) is 32.0 Å². The number of carbonyl (C=O) groups is 2. The Labute approximate surface area is 218 Å². The van der Waals surface area contributed by atoms with Crippen molar-refractivity contribution < 1.29 is 32.2 Å². The molecule has 0 bridgehead atoms. The van der Waals surface area contributed by atoms with Crippen molar-refractivity contribution in [1.82, 2.24) is 4.90 Å². The standard InChI is InChI=1S/C28H27ClF3NO4/c1-3-33(27(35)37-18-19-8-6-5-7-9-19)17-24(26(34)36-4-2)23-16-21(12-15-25(23)29)20-10-13-22(14-11-20)28(30,31)32/h5-16,24H,3-4,17-18H2,1-2H3. The van der Waals surface area contributed by atoms with E-state index in [0.29, 0.717) is 16.7 Å². The molecule has 3 aromatic rings. The molecule has 0 N–H and O–H groups in total. The van der Waals surface area contributed by atoms with Crippen LogP contribution in [-0.4, -0.2) is 36.7 Å². The number of benzene rings is 3. The molecule has 0 heterocycles. The number of hydrogen-bond donors (Lipinski definition) is 0. The number of esters is 1. The van der Waals surface area contributed by atoms with Gasteiger partial charge in [-0.2, -0.15) is 13.2 Å². The molecular weight excluding hydrogens is 507 g/mol. The van der Waals surface area contributed by atoms with Crippen LogP contribution in [-0.2, 0) is 27.1 Å². The molecule has 0 saturated heterocycles. The Balaban J connectivity index is 1.87. The summed E-state index contributed by atoms with van der Waals surface area (Å²) in [5.41, 5.74) is 1.54. The minimum absolute atomic E-state index is 0.0564. The molecule has 0 aliphatic heterocycles. The summed E-state index contributed by atoms with van der Waals surface area (Å²) in [4.78, 5) is 27.2. The second-order valence-electron chi connectivity index (χ2n) is 8.19. The summed E-state index contributed by atoms with van der Waals surface area (Å²) in [5.74, 6) is -1.52. The lowest BCUT2D eigenvalue weighted by molar-refractivity contribution is -0.145. The number of nitrogens with zero attached hydrogens (tertiary/aromatic N) is 1. The molecule has 1 amide bonds. The molecule has 0 spiro atoms. The van der Waals surface area contributed by atoms with Crippen LogP contribution in [0.1, 0.15) is 36.5 Å². The Morgan fingerprint density at radius 3 is 2.16 bits per heavy atom. The Morgan fingerprint density at radius 1 is 0.919 bits per heavy atom. The number of likely N-dealkylation sites (N-methyl/N-ethyl adjacent to an activating group) is 1. The van der Waals surface area contributed by atoms with Crippen molar-refractivity contribution in [2.24, 2.45) is 0 Å². The summed E-state index contributed by atoms with van der Waals surface area (Å²) >= 11 is 6.46. The predicted molar refractivity (Wildman–Crippen MR) is 135 cm³/mol. The molecule has 0 saturated carbocycles. The van der Waals surface area contributed by atoms with E-state index in [1.807, 2.05) is 30.3 Å². The average Bonchev–Trinajstić information content (AvgIpc) is 2.89. The van der Waals surface area contributed by atoms with Crippen molar-refractivity contribution in [1.29, 1.82) is 0 Å². The van der Waals surface area contributed by atoms with Gasteiger partial charge in [0.25, 0.3) is 0 Å². The molecule has 196 valence electrons. The molecule has 9 heteroatoms. The van der Waals surface area contributed by atoms with Gasteiger partial charge in [-0.3, -0.25) is 4.79 Å². The van der Waals surface area contributed by atoms with Gasteiger partial charge < -0.3 is 14.4 Å². The maximum atomic E-state index is 13.0. The van der Waals surface area contributed by atoms with Gasteiger partial charge in [-0.05, 0) is 60.4 Å². The van der Waals surface area contributed by atoms with E-state index in [4.69, 9.17) is 21.1 Å². The minimum atomic E-state index is -4.45. The molecule has 0 fully saturated rings. The summed E-state index contributed by atoms with van der Waals surface area (Å²) < 4.78 is 49.6. The van der Waals surface area contributed by atoms with Gasteiger partial charge in [-0.25, -0.2) is 4.79 Å². The normalized spacial score (nSPS) is 12.1. The molecule has 1 unspecified atom stereocenters. The second-order valence-corrected chi connectivity index (χ2v) is 8.60. The first kappa shape index (κ1) is 28.1. The zero-order valence-corrected chi connectivity index (χ0v) is 21.2. The number of rotatable bonds is 9. The van der Waals surface area contributed by atoms with E-state index in [1.165, 1.54) is 17.0 Å². The number of ether oxygens (including phenoxy) is 2. The number of halogens is 4. The van der Waals surface area contributed by atoms with Crippen molar-refractivity contribution >= 4 is 23.7 Å². The Bertz CT molecular complexity index is 1200. The fraction of sp³-hybridized carbons (Fsp3) is 0.286. The average molecular weight is 534 g/mol. The molecule has 37 heavy (non-hydrogen) atoms. The highest BCUT2D eigenvalue weighted by molar-refractivity contribution is 6.31. The van der Waals surface area contributed by atoms with Crippen LogP contribution >= 0.6 is 11.6 Å². The van der Waals surface area contributed by atoms with Gasteiger partial charge in [0.1, 0.15) is 12.5 Å². The van der Waals surface area contributed by atoms with E-state index in [2.05, 4.69) is 0 Å². The number of amides is 1. The van der Waals surface area contributed by atoms with Crippen molar-refractivity contribution in [2.45, 2.75) is 32.5 Å².